The number of aromatic hydroxyl groups is 1. The van der Waals surface area contributed by atoms with Gasteiger partial charge in [-0.1, -0.05) is 32.1 Å². The molecule has 0 saturated heterocycles. The minimum atomic E-state index is 0.222. The molecule has 0 spiro atoms. The van der Waals surface area contributed by atoms with Crippen molar-refractivity contribution in [3.8, 4) is 5.75 Å². The third-order valence-corrected chi connectivity index (χ3v) is 3.39. The van der Waals surface area contributed by atoms with E-state index in [1.807, 2.05) is 12.1 Å². The monoisotopic (exact) mass is 246 g/mol. The highest BCUT2D eigenvalue weighted by atomic mass is 16.3. The van der Waals surface area contributed by atoms with Crippen molar-refractivity contribution in [1.82, 2.24) is 0 Å². The molecule has 0 aliphatic carbocycles. The van der Waals surface area contributed by atoms with Gasteiger partial charge in [-0.05, 0) is 42.7 Å². The van der Waals surface area contributed by atoms with Gasteiger partial charge >= 0.3 is 0 Å². The van der Waals surface area contributed by atoms with Crippen molar-refractivity contribution in [2.75, 3.05) is 0 Å². The van der Waals surface area contributed by atoms with Crippen LogP contribution in [-0.4, -0.2) is 11.4 Å². The molecule has 2 nitrogen and oxygen atoms in total. The number of aryl methyl sites for hydroxylation is 1. The van der Waals surface area contributed by atoms with E-state index in [0.717, 1.165) is 31.1 Å². The zero-order valence-electron chi connectivity index (χ0n) is 11.2. The lowest BCUT2D eigenvalue weighted by atomic mass is 9.90. The molecule has 0 aliphatic heterocycles. The minimum absolute atomic E-state index is 0.222. The van der Waals surface area contributed by atoms with Crippen LogP contribution in [0.15, 0.2) is 30.9 Å². The second-order valence-corrected chi connectivity index (χ2v) is 5.04. The van der Waals surface area contributed by atoms with Crippen LogP contribution in [0.25, 0.3) is 0 Å². The van der Waals surface area contributed by atoms with E-state index in [0.29, 0.717) is 17.4 Å². The summed E-state index contributed by atoms with van der Waals surface area (Å²) in [7, 11) is 0. The SMILES string of the molecule is C=CC(CCCc1ccc(C=O)cc1O)C(C)C. The van der Waals surface area contributed by atoms with Gasteiger partial charge in [0.15, 0.2) is 0 Å². The number of carbonyl (C=O) groups excluding carboxylic acids is 1. The minimum Gasteiger partial charge on any atom is -0.508 e. The van der Waals surface area contributed by atoms with Crippen LogP contribution in [-0.2, 0) is 6.42 Å². The maximum absolute atomic E-state index is 10.6. The number of benzene rings is 1. The van der Waals surface area contributed by atoms with Gasteiger partial charge in [-0.25, -0.2) is 0 Å². The summed E-state index contributed by atoms with van der Waals surface area (Å²) >= 11 is 0. The first-order valence-corrected chi connectivity index (χ1v) is 6.48. The smallest absolute Gasteiger partial charge is 0.150 e. The van der Waals surface area contributed by atoms with E-state index in [2.05, 4.69) is 20.4 Å². The third-order valence-electron chi connectivity index (χ3n) is 3.39. The van der Waals surface area contributed by atoms with Gasteiger partial charge in [0.1, 0.15) is 12.0 Å². The fourth-order valence-electron chi connectivity index (χ4n) is 2.12. The molecule has 18 heavy (non-hydrogen) atoms. The highest BCUT2D eigenvalue weighted by Gasteiger charge is 2.09. The number of carbonyl (C=O) groups is 1. The van der Waals surface area contributed by atoms with Crippen LogP contribution in [0.2, 0.25) is 0 Å². The molecule has 1 aromatic rings. The molecule has 1 rings (SSSR count). The number of phenols is 1. The Morgan fingerprint density at radius 3 is 2.61 bits per heavy atom. The quantitative estimate of drug-likeness (QED) is 0.583. The van der Waals surface area contributed by atoms with Crippen molar-refractivity contribution in [2.24, 2.45) is 11.8 Å². The number of phenolic OH excluding ortho intramolecular Hbond substituents is 1. The van der Waals surface area contributed by atoms with Gasteiger partial charge in [0, 0.05) is 5.56 Å². The molecular formula is C16H22O2. The Balaban J connectivity index is 2.53. The van der Waals surface area contributed by atoms with E-state index in [9.17, 15) is 9.90 Å². The van der Waals surface area contributed by atoms with Crippen molar-refractivity contribution in [2.45, 2.75) is 33.1 Å². The van der Waals surface area contributed by atoms with Crippen molar-refractivity contribution in [3.05, 3.63) is 42.0 Å². The van der Waals surface area contributed by atoms with Crippen molar-refractivity contribution in [1.29, 1.82) is 0 Å². The molecule has 2 heteroatoms. The Hall–Kier alpha value is -1.57. The maximum atomic E-state index is 10.6. The summed E-state index contributed by atoms with van der Waals surface area (Å²) in [5, 5.41) is 9.78. The molecule has 98 valence electrons. The maximum Gasteiger partial charge on any atom is 0.150 e. The molecule has 1 aromatic carbocycles. The summed E-state index contributed by atoms with van der Waals surface area (Å²) in [6.07, 6.45) is 5.69. The molecule has 0 radical (unpaired) electrons. The number of rotatable bonds is 7. The van der Waals surface area contributed by atoms with Crippen LogP contribution in [0.3, 0.4) is 0 Å². The van der Waals surface area contributed by atoms with Gasteiger partial charge < -0.3 is 5.11 Å². The largest absolute Gasteiger partial charge is 0.508 e. The van der Waals surface area contributed by atoms with Crippen LogP contribution < -0.4 is 0 Å². The predicted octanol–water partition coefficient (Wildman–Crippen LogP) is 3.99. The second-order valence-electron chi connectivity index (χ2n) is 5.04. The topological polar surface area (TPSA) is 37.3 Å². The van der Waals surface area contributed by atoms with Crippen LogP contribution >= 0.6 is 0 Å². The molecular weight excluding hydrogens is 224 g/mol. The summed E-state index contributed by atoms with van der Waals surface area (Å²) in [6, 6.07) is 5.10. The summed E-state index contributed by atoms with van der Waals surface area (Å²) in [5.41, 5.74) is 1.43. The zero-order valence-corrected chi connectivity index (χ0v) is 11.2. The molecule has 0 saturated carbocycles. The first kappa shape index (κ1) is 14.5. The third kappa shape index (κ3) is 4.02. The predicted molar refractivity (Wildman–Crippen MR) is 75.0 cm³/mol. The van der Waals surface area contributed by atoms with E-state index in [1.165, 1.54) is 6.07 Å². The summed E-state index contributed by atoms with van der Waals surface area (Å²) in [5.74, 6) is 1.36. The van der Waals surface area contributed by atoms with Gasteiger partial charge in [0.05, 0.1) is 0 Å². The number of hydrogen-bond donors (Lipinski definition) is 1. The van der Waals surface area contributed by atoms with E-state index in [1.54, 1.807) is 6.07 Å². The van der Waals surface area contributed by atoms with Gasteiger partial charge in [0.25, 0.3) is 0 Å². The van der Waals surface area contributed by atoms with Crippen LogP contribution in [0, 0.1) is 11.8 Å². The van der Waals surface area contributed by atoms with Gasteiger partial charge in [-0.3, -0.25) is 4.79 Å². The second kappa shape index (κ2) is 7.00. The lowest BCUT2D eigenvalue weighted by Crippen LogP contribution is -2.05. The molecule has 1 N–H and O–H groups in total. The highest BCUT2D eigenvalue weighted by Crippen LogP contribution is 2.23. The molecule has 0 aliphatic rings. The van der Waals surface area contributed by atoms with E-state index < -0.39 is 0 Å². The van der Waals surface area contributed by atoms with E-state index in [-0.39, 0.29) is 5.75 Å². The highest BCUT2D eigenvalue weighted by molar-refractivity contribution is 5.75. The number of hydrogen-bond acceptors (Lipinski definition) is 2. The first-order chi connectivity index (χ1) is 8.58. The standard InChI is InChI=1S/C16H22O2/c1-4-14(12(2)3)6-5-7-15-9-8-13(11-17)10-16(15)18/h4,8-12,14,18H,1,5-7H2,2-3H3. The molecule has 0 amide bonds. The first-order valence-electron chi connectivity index (χ1n) is 6.48. The number of allylic oxidation sites excluding steroid dienone is 1. The lowest BCUT2D eigenvalue weighted by molar-refractivity contribution is 0.112. The Morgan fingerprint density at radius 2 is 2.11 bits per heavy atom. The van der Waals surface area contributed by atoms with Gasteiger partial charge in [-0.15, -0.1) is 6.58 Å². The van der Waals surface area contributed by atoms with Crippen LogP contribution in [0.5, 0.6) is 5.75 Å². The molecule has 0 heterocycles. The molecule has 0 fully saturated rings. The molecule has 0 aromatic heterocycles. The normalized spacial score (nSPS) is 12.4. The molecule has 1 atom stereocenters. The van der Waals surface area contributed by atoms with Crippen molar-refractivity contribution in [3.63, 3.8) is 0 Å². The molecule has 1 unspecified atom stereocenters. The fourth-order valence-corrected chi connectivity index (χ4v) is 2.12. The Bertz CT molecular complexity index is 408. The summed E-state index contributed by atoms with van der Waals surface area (Å²) < 4.78 is 0. The Labute approximate surface area is 109 Å². The van der Waals surface area contributed by atoms with Gasteiger partial charge in [-0.2, -0.15) is 0 Å². The average molecular weight is 246 g/mol. The van der Waals surface area contributed by atoms with E-state index in [4.69, 9.17) is 0 Å². The Morgan fingerprint density at radius 1 is 1.39 bits per heavy atom. The van der Waals surface area contributed by atoms with Crippen molar-refractivity contribution >= 4 is 6.29 Å². The fraction of sp³-hybridized carbons (Fsp3) is 0.438. The zero-order chi connectivity index (χ0) is 13.5. The van der Waals surface area contributed by atoms with Gasteiger partial charge in [0.2, 0.25) is 0 Å². The van der Waals surface area contributed by atoms with Crippen molar-refractivity contribution < 1.29 is 9.90 Å². The van der Waals surface area contributed by atoms with Crippen LogP contribution in [0.1, 0.15) is 42.6 Å². The van der Waals surface area contributed by atoms with Crippen LogP contribution in [0.4, 0.5) is 0 Å². The summed E-state index contributed by atoms with van der Waals surface area (Å²) in [6.45, 7) is 8.25. The summed E-state index contributed by atoms with van der Waals surface area (Å²) in [4.78, 5) is 10.6. The Kier molecular flexibility index (Phi) is 5.63. The lowest BCUT2D eigenvalue weighted by Gasteiger charge is -2.16. The molecule has 0 bridgehead atoms. The van der Waals surface area contributed by atoms with E-state index >= 15 is 0 Å². The number of aldehydes is 1. The average Bonchev–Trinajstić information content (AvgIpc) is 2.35.